The molecule has 10 heteroatoms. The minimum Gasteiger partial charge on any atom is -0.356 e. The van der Waals surface area contributed by atoms with Crippen molar-refractivity contribution in [1.29, 1.82) is 0 Å². The van der Waals surface area contributed by atoms with Gasteiger partial charge in [-0.2, -0.15) is 13.2 Å². The van der Waals surface area contributed by atoms with Crippen LogP contribution in [-0.4, -0.2) is 34.9 Å². The highest BCUT2D eigenvalue weighted by Crippen LogP contribution is 2.33. The Morgan fingerprint density at radius 1 is 1.19 bits per heavy atom. The highest BCUT2D eigenvalue weighted by atomic mass is 35.5. The molecular formula is C16H14Cl2F3N3O2. The van der Waals surface area contributed by atoms with Crippen molar-refractivity contribution in [2.75, 3.05) is 18.9 Å². The fourth-order valence-corrected chi connectivity index (χ4v) is 2.55. The number of benzene rings is 1. The predicted octanol–water partition coefficient (Wildman–Crippen LogP) is 4.06. The van der Waals surface area contributed by atoms with E-state index >= 15 is 0 Å². The van der Waals surface area contributed by atoms with Gasteiger partial charge in [0.2, 0.25) is 5.91 Å². The molecule has 0 unspecified atom stereocenters. The highest BCUT2D eigenvalue weighted by Gasteiger charge is 2.37. The Morgan fingerprint density at radius 2 is 1.85 bits per heavy atom. The van der Waals surface area contributed by atoms with Crippen LogP contribution >= 0.6 is 23.2 Å². The van der Waals surface area contributed by atoms with Crippen LogP contribution in [0.25, 0.3) is 0 Å². The van der Waals surface area contributed by atoms with E-state index in [2.05, 4.69) is 5.32 Å². The van der Waals surface area contributed by atoms with Crippen molar-refractivity contribution in [2.24, 2.45) is 7.05 Å². The van der Waals surface area contributed by atoms with Crippen LogP contribution in [0, 0.1) is 0 Å². The van der Waals surface area contributed by atoms with Gasteiger partial charge in [-0.1, -0.05) is 23.2 Å². The van der Waals surface area contributed by atoms with Crippen molar-refractivity contribution in [2.45, 2.75) is 6.18 Å². The lowest BCUT2D eigenvalue weighted by Crippen LogP contribution is -2.35. The van der Waals surface area contributed by atoms with Gasteiger partial charge in [0.1, 0.15) is 0 Å². The zero-order chi connectivity index (χ0) is 19.6. The summed E-state index contributed by atoms with van der Waals surface area (Å²) in [5.41, 5.74) is -1.23. The van der Waals surface area contributed by atoms with Crippen molar-refractivity contribution in [3.8, 4) is 0 Å². The molecule has 0 aliphatic rings. The summed E-state index contributed by atoms with van der Waals surface area (Å²) >= 11 is 11.6. The van der Waals surface area contributed by atoms with Gasteiger partial charge in [-0.25, -0.2) is 0 Å². The minimum absolute atomic E-state index is 0.230. The zero-order valence-electron chi connectivity index (χ0n) is 13.7. The first-order chi connectivity index (χ1) is 12.0. The second kappa shape index (κ2) is 7.59. The molecule has 0 saturated heterocycles. The fourth-order valence-electron chi connectivity index (χ4n) is 2.25. The normalized spacial score (nSPS) is 11.3. The molecule has 2 aromatic rings. The number of aromatic nitrogens is 1. The summed E-state index contributed by atoms with van der Waals surface area (Å²) in [4.78, 5) is 25.2. The molecule has 1 aromatic heterocycles. The van der Waals surface area contributed by atoms with Crippen molar-refractivity contribution < 1.29 is 22.8 Å². The van der Waals surface area contributed by atoms with E-state index in [-0.39, 0.29) is 5.02 Å². The standard InChI is InChI=1S/C16H14Cl2F3N3O2/c1-23-6-10(11(7-23)16(19,20)21)15(26)24(2)8-14(25)22-9-3-4-12(17)13(18)5-9/h3-7H,8H2,1-2H3,(H,22,25). The molecule has 0 atom stereocenters. The van der Waals surface area contributed by atoms with Crippen molar-refractivity contribution >= 4 is 40.7 Å². The molecule has 0 bridgehead atoms. The van der Waals surface area contributed by atoms with Crippen LogP contribution in [0.4, 0.5) is 18.9 Å². The van der Waals surface area contributed by atoms with Crippen LogP contribution in [-0.2, 0) is 18.0 Å². The average molecular weight is 408 g/mol. The van der Waals surface area contributed by atoms with E-state index < -0.39 is 35.7 Å². The van der Waals surface area contributed by atoms with Crippen molar-refractivity contribution in [1.82, 2.24) is 9.47 Å². The number of alkyl halides is 3. The highest BCUT2D eigenvalue weighted by molar-refractivity contribution is 6.42. The van der Waals surface area contributed by atoms with Crippen LogP contribution in [0.15, 0.2) is 30.6 Å². The summed E-state index contributed by atoms with van der Waals surface area (Å²) in [5.74, 6) is -1.51. The third-order valence-corrected chi connectivity index (χ3v) is 4.16. The van der Waals surface area contributed by atoms with E-state index in [9.17, 15) is 22.8 Å². The van der Waals surface area contributed by atoms with Gasteiger partial charge >= 0.3 is 6.18 Å². The number of nitrogens with one attached hydrogen (secondary N) is 1. The lowest BCUT2D eigenvalue weighted by molar-refractivity contribution is -0.138. The number of nitrogens with zero attached hydrogens (tertiary/aromatic N) is 2. The number of amides is 2. The molecule has 0 aliphatic heterocycles. The lowest BCUT2D eigenvalue weighted by Gasteiger charge is -2.17. The molecule has 1 heterocycles. The Bertz CT molecular complexity index is 850. The number of halogens is 5. The monoisotopic (exact) mass is 407 g/mol. The van der Waals surface area contributed by atoms with Crippen LogP contribution in [0.3, 0.4) is 0 Å². The van der Waals surface area contributed by atoms with Crippen molar-refractivity contribution in [3.63, 3.8) is 0 Å². The Hall–Kier alpha value is -2.19. The van der Waals surface area contributed by atoms with Gasteiger partial charge in [0.25, 0.3) is 5.91 Å². The van der Waals surface area contributed by atoms with Crippen molar-refractivity contribution in [3.05, 3.63) is 51.8 Å². The summed E-state index contributed by atoms with van der Waals surface area (Å²) in [5, 5.41) is 3.03. The molecule has 5 nitrogen and oxygen atoms in total. The lowest BCUT2D eigenvalue weighted by atomic mass is 10.1. The molecule has 0 spiro atoms. The van der Waals surface area contributed by atoms with E-state index in [0.717, 1.165) is 21.9 Å². The van der Waals surface area contributed by atoms with Gasteiger partial charge in [0, 0.05) is 32.2 Å². The molecular weight excluding hydrogens is 394 g/mol. The Labute approximate surface area is 157 Å². The molecule has 1 aromatic carbocycles. The van der Waals surface area contributed by atoms with Gasteiger partial charge in [0.15, 0.2) is 0 Å². The Morgan fingerprint density at radius 3 is 2.42 bits per heavy atom. The topological polar surface area (TPSA) is 54.3 Å². The average Bonchev–Trinajstić information content (AvgIpc) is 2.92. The van der Waals surface area contributed by atoms with Crippen LogP contribution in [0.1, 0.15) is 15.9 Å². The maximum atomic E-state index is 13.0. The number of aryl methyl sites for hydroxylation is 1. The maximum absolute atomic E-state index is 13.0. The van der Waals surface area contributed by atoms with E-state index in [4.69, 9.17) is 23.2 Å². The molecule has 26 heavy (non-hydrogen) atoms. The number of hydrogen-bond acceptors (Lipinski definition) is 2. The molecule has 0 fully saturated rings. The van der Waals surface area contributed by atoms with E-state index in [1.807, 2.05) is 0 Å². The number of carbonyl (C=O) groups excluding carboxylic acids is 2. The van der Waals surface area contributed by atoms with Gasteiger partial charge in [-0.15, -0.1) is 0 Å². The fraction of sp³-hybridized carbons (Fsp3) is 0.250. The molecule has 0 radical (unpaired) electrons. The predicted molar refractivity (Wildman–Crippen MR) is 92.5 cm³/mol. The molecule has 0 aliphatic carbocycles. The summed E-state index contributed by atoms with van der Waals surface area (Å²) < 4.78 is 40.2. The molecule has 2 rings (SSSR count). The SMILES string of the molecule is CN(CC(=O)Nc1ccc(Cl)c(Cl)c1)C(=O)c1cn(C)cc1C(F)(F)F. The summed E-state index contributed by atoms with van der Waals surface area (Å²) in [6.07, 6.45) is -2.79. The second-order valence-corrected chi connectivity index (χ2v) is 6.40. The Balaban J connectivity index is 2.09. The van der Waals surface area contributed by atoms with Gasteiger partial charge in [0.05, 0.1) is 27.7 Å². The second-order valence-electron chi connectivity index (χ2n) is 5.59. The first-order valence-electron chi connectivity index (χ1n) is 7.22. The third kappa shape index (κ3) is 4.70. The smallest absolute Gasteiger partial charge is 0.356 e. The largest absolute Gasteiger partial charge is 0.418 e. The number of carbonyl (C=O) groups is 2. The molecule has 1 N–H and O–H groups in total. The maximum Gasteiger partial charge on any atom is 0.418 e. The van der Waals surface area contributed by atoms with Crippen LogP contribution < -0.4 is 5.32 Å². The zero-order valence-corrected chi connectivity index (χ0v) is 15.2. The van der Waals surface area contributed by atoms with E-state index in [1.54, 1.807) is 0 Å². The van der Waals surface area contributed by atoms with Gasteiger partial charge in [-0.3, -0.25) is 9.59 Å². The van der Waals surface area contributed by atoms with Crippen LogP contribution in [0.5, 0.6) is 0 Å². The number of anilines is 1. The summed E-state index contributed by atoms with van der Waals surface area (Å²) in [7, 11) is 2.62. The molecule has 0 saturated carbocycles. The first-order valence-corrected chi connectivity index (χ1v) is 7.98. The van der Waals surface area contributed by atoms with E-state index in [1.165, 1.54) is 32.3 Å². The Kier molecular flexibility index (Phi) is 5.87. The first kappa shape index (κ1) is 20.1. The number of likely N-dealkylation sites (N-methyl/N-ethyl adjacent to an activating group) is 1. The minimum atomic E-state index is -4.67. The quantitative estimate of drug-likeness (QED) is 0.830. The molecule has 2 amide bonds. The van der Waals surface area contributed by atoms with E-state index in [0.29, 0.717) is 10.7 Å². The molecule has 140 valence electrons. The number of rotatable bonds is 4. The number of hydrogen-bond donors (Lipinski definition) is 1. The van der Waals surface area contributed by atoms with Gasteiger partial charge in [-0.05, 0) is 18.2 Å². The summed E-state index contributed by atoms with van der Waals surface area (Å²) in [6, 6.07) is 4.41. The van der Waals surface area contributed by atoms with Crippen LogP contribution in [0.2, 0.25) is 10.0 Å². The third-order valence-electron chi connectivity index (χ3n) is 3.42. The van der Waals surface area contributed by atoms with Gasteiger partial charge < -0.3 is 14.8 Å². The summed E-state index contributed by atoms with van der Waals surface area (Å²) in [6.45, 7) is -0.439.